The summed E-state index contributed by atoms with van der Waals surface area (Å²) in [6, 6.07) is 48.8. The first kappa shape index (κ1) is 25.8. The van der Waals surface area contributed by atoms with Gasteiger partial charge in [0.1, 0.15) is 5.69 Å². The van der Waals surface area contributed by atoms with Gasteiger partial charge in [0, 0.05) is 33.4 Å². The molecule has 5 aromatic heterocycles. The lowest BCUT2D eigenvalue weighted by atomic mass is 10.0. The lowest BCUT2D eigenvalue weighted by molar-refractivity contribution is 0.601. The highest BCUT2D eigenvalue weighted by Crippen LogP contribution is 2.38. The molecule has 0 saturated heterocycles. The molecule has 0 radical (unpaired) electrons. The molecule has 0 amide bonds. The molecule has 0 aliphatic heterocycles. The third-order valence-electron chi connectivity index (χ3n) is 9.11. The van der Waals surface area contributed by atoms with E-state index in [4.69, 9.17) is 14.4 Å². The maximum atomic E-state index is 5.82. The fourth-order valence-corrected chi connectivity index (χ4v) is 7.02. The SMILES string of the molecule is c1ccc(-n2c3ccccc3c3cc(-c4ccc5c(c4)c4ccccc4n5-c4nc(-c5ccccn5)c5ccoc5n4)ccc32)cc1. The van der Waals surface area contributed by atoms with Crippen LogP contribution in [-0.2, 0) is 0 Å². The third kappa shape index (κ3) is 3.88. The van der Waals surface area contributed by atoms with Crippen LogP contribution < -0.4 is 0 Å². The number of pyridine rings is 1. The fourth-order valence-electron chi connectivity index (χ4n) is 7.02. The van der Waals surface area contributed by atoms with Gasteiger partial charge in [-0.3, -0.25) is 9.55 Å². The molecular formula is C41H25N5O. The van der Waals surface area contributed by atoms with Gasteiger partial charge in [-0.15, -0.1) is 0 Å². The van der Waals surface area contributed by atoms with E-state index < -0.39 is 0 Å². The molecule has 0 atom stereocenters. The van der Waals surface area contributed by atoms with E-state index in [1.807, 2.05) is 24.3 Å². The summed E-state index contributed by atoms with van der Waals surface area (Å²) in [6.07, 6.45) is 3.43. The molecule has 5 aromatic carbocycles. The van der Waals surface area contributed by atoms with Gasteiger partial charge in [0.15, 0.2) is 0 Å². The Morgan fingerprint density at radius 1 is 0.468 bits per heavy atom. The Hall–Kier alpha value is -6.53. The zero-order valence-corrected chi connectivity index (χ0v) is 25.1. The van der Waals surface area contributed by atoms with Gasteiger partial charge < -0.3 is 8.98 Å². The average molecular weight is 604 g/mol. The molecule has 0 spiro atoms. The molecule has 0 aliphatic carbocycles. The second-order valence-electron chi connectivity index (χ2n) is 11.7. The molecule has 220 valence electrons. The zero-order chi connectivity index (χ0) is 30.9. The van der Waals surface area contributed by atoms with E-state index >= 15 is 0 Å². The van der Waals surface area contributed by atoms with Crippen LogP contribution in [0, 0.1) is 0 Å². The van der Waals surface area contributed by atoms with Gasteiger partial charge in [0.2, 0.25) is 11.7 Å². The van der Waals surface area contributed by atoms with Gasteiger partial charge in [-0.1, -0.05) is 72.8 Å². The molecule has 0 N–H and O–H groups in total. The van der Waals surface area contributed by atoms with Crippen LogP contribution >= 0.6 is 0 Å². The second kappa shape index (κ2) is 9.99. The number of fused-ring (bicyclic) bond motifs is 7. The van der Waals surface area contributed by atoms with Crippen LogP contribution in [0.15, 0.2) is 156 Å². The van der Waals surface area contributed by atoms with E-state index in [9.17, 15) is 0 Å². The van der Waals surface area contributed by atoms with Crippen LogP contribution in [0.25, 0.3) is 88.9 Å². The van der Waals surface area contributed by atoms with Crippen molar-refractivity contribution in [3.63, 3.8) is 0 Å². The minimum atomic E-state index is 0.529. The first-order valence-corrected chi connectivity index (χ1v) is 15.6. The topological polar surface area (TPSA) is 61.7 Å². The summed E-state index contributed by atoms with van der Waals surface area (Å²) < 4.78 is 10.3. The highest BCUT2D eigenvalue weighted by molar-refractivity contribution is 6.12. The first-order chi connectivity index (χ1) is 23.3. The van der Waals surface area contributed by atoms with E-state index in [1.54, 1.807) is 12.5 Å². The van der Waals surface area contributed by atoms with E-state index in [0.29, 0.717) is 11.7 Å². The van der Waals surface area contributed by atoms with Crippen LogP contribution in [0.5, 0.6) is 0 Å². The Balaban J connectivity index is 1.18. The molecule has 6 heteroatoms. The molecule has 0 aliphatic rings. The van der Waals surface area contributed by atoms with Gasteiger partial charge in [-0.2, -0.15) is 4.98 Å². The molecule has 0 bridgehead atoms. The van der Waals surface area contributed by atoms with E-state index in [1.165, 1.54) is 21.8 Å². The molecular weight excluding hydrogens is 578 g/mol. The van der Waals surface area contributed by atoms with Crippen molar-refractivity contribution in [2.24, 2.45) is 0 Å². The third-order valence-corrected chi connectivity index (χ3v) is 9.11. The minimum Gasteiger partial charge on any atom is -0.446 e. The van der Waals surface area contributed by atoms with E-state index in [2.05, 4.69) is 129 Å². The summed E-state index contributed by atoms with van der Waals surface area (Å²) in [4.78, 5) is 14.6. The summed E-state index contributed by atoms with van der Waals surface area (Å²) in [7, 11) is 0. The maximum absolute atomic E-state index is 5.82. The number of para-hydroxylation sites is 3. The van der Waals surface area contributed by atoms with Crippen molar-refractivity contribution in [2.75, 3.05) is 0 Å². The first-order valence-electron chi connectivity index (χ1n) is 15.6. The predicted octanol–water partition coefficient (Wildman–Crippen LogP) is 10.1. The van der Waals surface area contributed by atoms with Crippen molar-refractivity contribution in [1.82, 2.24) is 24.1 Å². The lowest BCUT2D eigenvalue weighted by Crippen LogP contribution is -2.03. The van der Waals surface area contributed by atoms with Crippen molar-refractivity contribution < 1.29 is 4.42 Å². The van der Waals surface area contributed by atoms with Crippen LogP contribution in [0.3, 0.4) is 0 Å². The maximum Gasteiger partial charge on any atom is 0.238 e. The number of aromatic nitrogens is 5. The van der Waals surface area contributed by atoms with Gasteiger partial charge >= 0.3 is 0 Å². The number of furan rings is 1. The minimum absolute atomic E-state index is 0.529. The highest BCUT2D eigenvalue weighted by Gasteiger charge is 2.20. The van der Waals surface area contributed by atoms with Crippen molar-refractivity contribution in [1.29, 1.82) is 0 Å². The summed E-state index contributed by atoms with van der Waals surface area (Å²) in [6.45, 7) is 0. The molecule has 5 heterocycles. The Morgan fingerprint density at radius 3 is 1.79 bits per heavy atom. The van der Waals surface area contributed by atoms with Gasteiger partial charge in [-0.05, 0) is 77.9 Å². The summed E-state index contributed by atoms with van der Waals surface area (Å²) in [5, 5.41) is 5.56. The van der Waals surface area contributed by atoms with Gasteiger partial charge in [0.05, 0.1) is 39.4 Å². The van der Waals surface area contributed by atoms with Gasteiger partial charge in [0.25, 0.3) is 0 Å². The Morgan fingerprint density at radius 2 is 1.09 bits per heavy atom. The molecule has 0 saturated carbocycles. The Bertz CT molecular complexity index is 2790. The van der Waals surface area contributed by atoms with Crippen molar-refractivity contribution in [3.8, 4) is 34.2 Å². The zero-order valence-electron chi connectivity index (χ0n) is 25.1. The van der Waals surface area contributed by atoms with E-state index in [0.717, 1.165) is 55.4 Å². The monoisotopic (exact) mass is 603 g/mol. The van der Waals surface area contributed by atoms with Crippen molar-refractivity contribution in [3.05, 3.63) is 152 Å². The summed E-state index contributed by atoms with van der Waals surface area (Å²) in [5.74, 6) is 0.544. The average Bonchev–Trinajstić information content (AvgIpc) is 3.84. The number of nitrogens with zero attached hydrogens (tertiary/aromatic N) is 5. The second-order valence-corrected chi connectivity index (χ2v) is 11.7. The predicted molar refractivity (Wildman–Crippen MR) is 189 cm³/mol. The van der Waals surface area contributed by atoms with Crippen molar-refractivity contribution >= 4 is 54.7 Å². The molecule has 0 fully saturated rings. The number of hydrogen-bond donors (Lipinski definition) is 0. The summed E-state index contributed by atoms with van der Waals surface area (Å²) in [5.41, 5.74) is 9.94. The largest absolute Gasteiger partial charge is 0.446 e. The number of benzene rings is 5. The quantitative estimate of drug-likeness (QED) is 0.201. The van der Waals surface area contributed by atoms with E-state index in [-0.39, 0.29) is 0 Å². The molecule has 47 heavy (non-hydrogen) atoms. The molecule has 0 unspecified atom stereocenters. The smallest absolute Gasteiger partial charge is 0.238 e. The normalized spacial score (nSPS) is 11.8. The van der Waals surface area contributed by atoms with Crippen LogP contribution in [-0.4, -0.2) is 24.1 Å². The highest BCUT2D eigenvalue weighted by atomic mass is 16.3. The fraction of sp³-hybridized carbons (Fsp3) is 0. The molecule has 6 nitrogen and oxygen atoms in total. The van der Waals surface area contributed by atoms with Gasteiger partial charge in [-0.25, -0.2) is 4.98 Å². The van der Waals surface area contributed by atoms with Crippen LogP contribution in [0.2, 0.25) is 0 Å². The van der Waals surface area contributed by atoms with Crippen LogP contribution in [0.4, 0.5) is 0 Å². The molecule has 10 aromatic rings. The Labute approximate surface area is 268 Å². The Kier molecular flexibility index (Phi) is 5.48. The standard InChI is InChI=1S/C41H25N5O/c1-2-10-28(11-3-1)45-35-15-6-4-12-29(35)32-24-26(17-19-37(32)45)27-18-20-38-33(25-27)30-13-5-7-16-36(30)46(38)41-43-39(34-14-8-9-22-42-34)31-21-23-47-40(31)44-41/h1-25H. The number of hydrogen-bond acceptors (Lipinski definition) is 4. The van der Waals surface area contributed by atoms with Crippen LogP contribution in [0.1, 0.15) is 0 Å². The lowest BCUT2D eigenvalue weighted by Gasteiger charge is -2.09. The summed E-state index contributed by atoms with van der Waals surface area (Å²) >= 11 is 0. The number of rotatable bonds is 4. The molecule has 10 rings (SSSR count). The van der Waals surface area contributed by atoms with Crippen molar-refractivity contribution in [2.45, 2.75) is 0 Å².